The molecule has 34 heavy (non-hydrogen) atoms. The van der Waals surface area contributed by atoms with Gasteiger partial charge in [0.2, 0.25) is 0 Å². The van der Waals surface area contributed by atoms with E-state index in [1.54, 1.807) is 14.2 Å². The number of aryl methyl sites for hydroxylation is 1. The van der Waals surface area contributed by atoms with Crippen LogP contribution in [0.2, 0.25) is 0 Å². The number of hydrogen-bond acceptors (Lipinski definition) is 7. The summed E-state index contributed by atoms with van der Waals surface area (Å²) in [5.74, 6) is -1.28. The van der Waals surface area contributed by atoms with Crippen molar-refractivity contribution in [3.63, 3.8) is 0 Å². The monoisotopic (exact) mass is 474 g/mol. The molecule has 0 atom stereocenters. The minimum atomic E-state index is -1.82. The number of piperazine rings is 1. The van der Waals surface area contributed by atoms with Gasteiger partial charge in [0.1, 0.15) is 17.2 Å². The van der Waals surface area contributed by atoms with E-state index in [2.05, 4.69) is 4.90 Å². The average Bonchev–Trinajstić information content (AvgIpc) is 2.83. The van der Waals surface area contributed by atoms with Crippen molar-refractivity contribution in [2.24, 2.45) is 0 Å². The predicted molar refractivity (Wildman–Crippen MR) is 123 cm³/mol. The molecule has 1 amide bonds. The molecular weight excluding hydrogens is 444 g/mol. The zero-order chi connectivity index (χ0) is 25.1. The fraction of sp³-hybridized carbons (Fsp3) is 0.375. The number of ether oxygens (including phenoxy) is 3. The molecule has 184 valence electrons. The first-order valence-corrected chi connectivity index (χ1v) is 10.6. The maximum Gasteiger partial charge on any atom is 0.414 e. The lowest BCUT2D eigenvalue weighted by atomic mass is 10.1. The van der Waals surface area contributed by atoms with Crippen LogP contribution in [0.15, 0.2) is 42.5 Å². The van der Waals surface area contributed by atoms with Gasteiger partial charge in [-0.1, -0.05) is 18.2 Å². The number of carbonyl (C=O) groups is 3. The van der Waals surface area contributed by atoms with Crippen molar-refractivity contribution in [3.8, 4) is 17.2 Å². The second-order valence-electron chi connectivity index (χ2n) is 7.55. The van der Waals surface area contributed by atoms with Gasteiger partial charge in [-0.15, -0.1) is 0 Å². The van der Waals surface area contributed by atoms with E-state index >= 15 is 0 Å². The Morgan fingerprint density at radius 1 is 0.882 bits per heavy atom. The normalized spacial score (nSPS) is 13.3. The van der Waals surface area contributed by atoms with Crippen LogP contribution in [-0.2, 0) is 20.9 Å². The minimum absolute atomic E-state index is 0.0307. The molecule has 10 nitrogen and oxygen atoms in total. The van der Waals surface area contributed by atoms with E-state index in [-0.39, 0.29) is 12.5 Å². The number of rotatable bonds is 7. The molecule has 0 unspecified atom stereocenters. The molecule has 2 N–H and O–H groups in total. The number of methoxy groups -OCH3 is 2. The predicted octanol–water partition coefficient (Wildman–Crippen LogP) is 1.89. The molecule has 0 spiro atoms. The summed E-state index contributed by atoms with van der Waals surface area (Å²) in [7, 11) is 3.32. The number of carboxylic acids is 2. The molecule has 1 fully saturated rings. The molecule has 1 aliphatic rings. The molecular formula is C24H30N2O8. The third-order valence-electron chi connectivity index (χ3n) is 5.15. The summed E-state index contributed by atoms with van der Waals surface area (Å²) < 4.78 is 16.4. The van der Waals surface area contributed by atoms with Gasteiger partial charge in [0.25, 0.3) is 5.91 Å². The Balaban J connectivity index is 0.000000604. The number of amides is 1. The van der Waals surface area contributed by atoms with Gasteiger partial charge in [0, 0.05) is 44.4 Å². The van der Waals surface area contributed by atoms with Crippen molar-refractivity contribution in [2.75, 3.05) is 47.0 Å². The van der Waals surface area contributed by atoms with Crippen molar-refractivity contribution in [2.45, 2.75) is 13.5 Å². The highest BCUT2D eigenvalue weighted by Crippen LogP contribution is 2.26. The number of carbonyl (C=O) groups excluding carboxylic acids is 1. The van der Waals surface area contributed by atoms with Crippen LogP contribution in [0.3, 0.4) is 0 Å². The third-order valence-corrected chi connectivity index (χ3v) is 5.15. The Morgan fingerprint density at radius 3 is 2.12 bits per heavy atom. The summed E-state index contributed by atoms with van der Waals surface area (Å²) in [5, 5.41) is 14.8. The van der Waals surface area contributed by atoms with Crippen molar-refractivity contribution in [1.82, 2.24) is 9.80 Å². The summed E-state index contributed by atoms with van der Waals surface area (Å²) in [5.41, 5.74) is 2.23. The Bertz CT molecular complexity index is 975. The van der Waals surface area contributed by atoms with E-state index < -0.39 is 11.9 Å². The molecule has 10 heteroatoms. The van der Waals surface area contributed by atoms with Gasteiger partial charge in [-0.3, -0.25) is 9.69 Å². The van der Waals surface area contributed by atoms with Gasteiger partial charge in [-0.25, -0.2) is 9.59 Å². The first-order chi connectivity index (χ1) is 16.2. The quantitative estimate of drug-likeness (QED) is 0.579. The van der Waals surface area contributed by atoms with Crippen molar-refractivity contribution < 1.29 is 38.8 Å². The highest BCUT2D eigenvalue weighted by molar-refractivity contribution is 6.27. The smallest absolute Gasteiger partial charge is 0.414 e. The highest BCUT2D eigenvalue weighted by atomic mass is 16.5. The van der Waals surface area contributed by atoms with Gasteiger partial charge in [-0.05, 0) is 30.7 Å². The van der Waals surface area contributed by atoms with E-state index in [4.69, 9.17) is 34.0 Å². The number of aliphatic carboxylic acids is 2. The number of benzene rings is 2. The zero-order valence-electron chi connectivity index (χ0n) is 19.5. The van der Waals surface area contributed by atoms with Gasteiger partial charge in [-0.2, -0.15) is 0 Å². The van der Waals surface area contributed by atoms with Gasteiger partial charge < -0.3 is 29.3 Å². The Labute approximate surface area is 198 Å². The van der Waals surface area contributed by atoms with Crippen LogP contribution in [-0.4, -0.2) is 84.9 Å². The average molecular weight is 475 g/mol. The Morgan fingerprint density at radius 2 is 1.56 bits per heavy atom. The molecule has 0 aliphatic carbocycles. The van der Waals surface area contributed by atoms with Crippen LogP contribution in [0, 0.1) is 6.92 Å². The van der Waals surface area contributed by atoms with Crippen molar-refractivity contribution in [3.05, 3.63) is 53.6 Å². The first-order valence-electron chi connectivity index (χ1n) is 10.6. The topological polar surface area (TPSA) is 126 Å². The number of hydrogen-bond donors (Lipinski definition) is 2. The summed E-state index contributed by atoms with van der Waals surface area (Å²) >= 11 is 0. The molecule has 0 saturated carbocycles. The Kier molecular flexibility index (Phi) is 10.2. The molecule has 1 saturated heterocycles. The van der Waals surface area contributed by atoms with Gasteiger partial charge in [0.05, 0.1) is 14.2 Å². The van der Waals surface area contributed by atoms with Crippen LogP contribution >= 0.6 is 0 Å². The molecule has 0 bridgehead atoms. The van der Waals surface area contributed by atoms with E-state index in [1.165, 1.54) is 0 Å². The standard InChI is InChI=1S/C22H28N2O4.C2H2O4/c1-17-5-4-6-20(13-17)28-16-22(25)24-11-9-23(10-12-24)15-18-7-8-19(26-2)14-21(18)27-3;3-1(4)2(5)6/h4-8,13-14H,9-12,15-16H2,1-3H3;(H,3,4)(H,5,6). The van der Waals surface area contributed by atoms with Crippen LogP contribution in [0.5, 0.6) is 17.2 Å². The lowest BCUT2D eigenvalue weighted by Gasteiger charge is -2.35. The van der Waals surface area contributed by atoms with E-state index in [1.807, 2.05) is 54.3 Å². The largest absolute Gasteiger partial charge is 0.497 e. The van der Waals surface area contributed by atoms with Gasteiger partial charge in [0.15, 0.2) is 6.61 Å². The van der Waals surface area contributed by atoms with Gasteiger partial charge >= 0.3 is 11.9 Å². The van der Waals surface area contributed by atoms with Crippen molar-refractivity contribution in [1.29, 1.82) is 0 Å². The zero-order valence-corrected chi connectivity index (χ0v) is 19.5. The molecule has 1 heterocycles. The van der Waals surface area contributed by atoms with Crippen LogP contribution < -0.4 is 14.2 Å². The maximum absolute atomic E-state index is 12.4. The lowest BCUT2D eigenvalue weighted by molar-refractivity contribution is -0.159. The van der Waals surface area contributed by atoms with Crippen LogP contribution in [0.25, 0.3) is 0 Å². The fourth-order valence-electron chi connectivity index (χ4n) is 3.32. The summed E-state index contributed by atoms with van der Waals surface area (Å²) in [4.78, 5) is 34.8. The second kappa shape index (κ2) is 13.0. The van der Waals surface area contributed by atoms with E-state index in [9.17, 15) is 4.79 Å². The van der Waals surface area contributed by atoms with E-state index in [0.29, 0.717) is 13.1 Å². The first kappa shape index (κ1) is 26.5. The summed E-state index contributed by atoms with van der Waals surface area (Å²) in [6, 6.07) is 13.6. The Hall–Kier alpha value is -3.79. The number of nitrogens with zero attached hydrogens (tertiary/aromatic N) is 2. The molecule has 1 aliphatic heterocycles. The second-order valence-corrected chi connectivity index (χ2v) is 7.55. The molecule has 2 aromatic rings. The van der Waals surface area contributed by atoms with Crippen LogP contribution in [0.1, 0.15) is 11.1 Å². The molecule has 0 aromatic heterocycles. The highest BCUT2D eigenvalue weighted by Gasteiger charge is 2.22. The summed E-state index contributed by atoms with van der Waals surface area (Å²) in [6.07, 6.45) is 0. The molecule has 2 aromatic carbocycles. The minimum Gasteiger partial charge on any atom is -0.497 e. The molecule has 0 radical (unpaired) electrons. The lowest BCUT2D eigenvalue weighted by Crippen LogP contribution is -2.49. The number of carboxylic acid groups (broad SMARTS) is 2. The summed E-state index contributed by atoms with van der Waals surface area (Å²) in [6.45, 7) is 5.93. The SMILES string of the molecule is COc1ccc(CN2CCN(C(=O)COc3cccc(C)c3)CC2)c(OC)c1.O=C(O)C(=O)O. The van der Waals surface area contributed by atoms with E-state index in [0.717, 1.165) is 48.0 Å². The van der Waals surface area contributed by atoms with Crippen molar-refractivity contribution >= 4 is 17.8 Å². The fourth-order valence-corrected chi connectivity index (χ4v) is 3.32. The third kappa shape index (κ3) is 8.28. The molecule has 3 rings (SSSR count). The maximum atomic E-state index is 12.4. The van der Waals surface area contributed by atoms with Crippen LogP contribution in [0.4, 0.5) is 0 Å².